The van der Waals surface area contributed by atoms with Gasteiger partial charge in [0.15, 0.2) is 0 Å². The van der Waals surface area contributed by atoms with E-state index in [9.17, 15) is 8.42 Å². The number of thioether (sulfide) groups is 1. The second-order valence-electron chi connectivity index (χ2n) is 4.47. The zero-order chi connectivity index (χ0) is 14.5. The summed E-state index contributed by atoms with van der Waals surface area (Å²) in [6.07, 6.45) is 2.86. The molecule has 0 radical (unpaired) electrons. The molecular formula is C12H22N2O2S3. The summed E-state index contributed by atoms with van der Waals surface area (Å²) >= 11 is 3.25. The van der Waals surface area contributed by atoms with Crippen LogP contribution in [-0.4, -0.2) is 33.5 Å². The molecule has 0 aliphatic heterocycles. The van der Waals surface area contributed by atoms with Gasteiger partial charge in [-0.05, 0) is 45.4 Å². The highest BCUT2D eigenvalue weighted by Gasteiger charge is 2.21. The monoisotopic (exact) mass is 322 g/mol. The third kappa shape index (κ3) is 5.07. The number of rotatable bonds is 8. The minimum absolute atomic E-state index is 0.0375. The Balaban J connectivity index is 2.82. The lowest BCUT2D eigenvalue weighted by Crippen LogP contribution is -2.33. The van der Waals surface area contributed by atoms with E-state index in [1.54, 1.807) is 17.8 Å². The van der Waals surface area contributed by atoms with Crippen molar-refractivity contribution in [1.82, 2.24) is 10.0 Å². The van der Waals surface area contributed by atoms with Crippen molar-refractivity contribution in [3.05, 3.63) is 15.8 Å². The first-order valence-electron chi connectivity index (χ1n) is 6.16. The zero-order valence-electron chi connectivity index (χ0n) is 11.8. The molecule has 0 aliphatic carbocycles. The molecule has 0 aliphatic rings. The Morgan fingerprint density at radius 1 is 1.47 bits per heavy atom. The standard InChI is InChI=1S/C12H22N2O2S3/c1-9(5-6-17-4)14-19(15,16)12-7-11(8-13-3)18-10(12)2/h7,9,13-14H,5-6,8H2,1-4H3. The minimum Gasteiger partial charge on any atom is -0.315 e. The van der Waals surface area contributed by atoms with E-state index in [2.05, 4.69) is 10.0 Å². The van der Waals surface area contributed by atoms with Crippen LogP contribution in [0.15, 0.2) is 11.0 Å². The first-order chi connectivity index (χ1) is 8.90. The van der Waals surface area contributed by atoms with Crippen LogP contribution in [0.4, 0.5) is 0 Å². The summed E-state index contributed by atoms with van der Waals surface area (Å²) in [7, 11) is -1.54. The third-order valence-corrected chi connectivity index (χ3v) is 6.21. The van der Waals surface area contributed by atoms with E-state index in [-0.39, 0.29) is 6.04 Å². The Morgan fingerprint density at radius 3 is 2.74 bits per heavy atom. The smallest absolute Gasteiger partial charge is 0.241 e. The topological polar surface area (TPSA) is 58.2 Å². The maximum atomic E-state index is 12.3. The predicted molar refractivity (Wildman–Crippen MR) is 84.6 cm³/mol. The number of hydrogen-bond donors (Lipinski definition) is 2. The Labute approximate surface area is 124 Å². The number of sulfonamides is 1. The van der Waals surface area contributed by atoms with Gasteiger partial charge in [-0.25, -0.2) is 13.1 Å². The minimum atomic E-state index is -3.39. The van der Waals surface area contributed by atoms with Crippen molar-refractivity contribution in [2.45, 2.75) is 37.8 Å². The van der Waals surface area contributed by atoms with Gasteiger partial charge in [-0.15, -0.1) is 11.3 Å². The third-order valence-electron chi connectivity index (χ3n) is 2.68. The summed E-state index contributed by atoms with van der Waals surface area (Å²) < 4.78 is 27.4. The fourth-order valence-electron chi connectivity index (χ4n) is 1.73. The largest absolute Gasteiger partial charge is 0.315 e. The summed E-state index contributed by atoms with van der Waals surface area (Å²) in [6.45, 7) is 4.46. The van der Waals surface area contributed by atoms with E-state index in [0.717, 1.165) is 21.9 Å². The van der Waals surface area contributed by atoms with Gasteiger partial charge in [-0.3, -0.25) is 0 Å². The van der Waals surface area contributed by atoms with E-state index in [1.165, 1.54) is 11.3 Å². The molecule has 0 amide bonds. The predicted octanol–water partition coefficient (Wildman–Crippen LogP) is 2.20. The van der Waals surface area contributed by atoms with Gasteiger partial charge in [-0.1, -0.05) is 0 Å². The van der Waals surface area contributed by atoms with Crippen molar-refractivity contribution in [2.24, 2.45) is 0 Å². The molecule has 0 fully saturated rings. The van der Waals surface area contributed by atoms with E-state index in [0.29, 0.717) is 11.4 Å². The van der Waals surface area contributed by atoms with Crippen molar-refractivity contribution >= 4 is 33.1 Å². The van der Waals surface area contributed by atoms with Crippen molar-refractivity contribution < 1.29 is 8.42 Å². The fraction of sp³-hybridized carbons (Fsp3) is 0.667. The van der Waals surface area contributed by atoms with Gasteiger partial charge in [0.05, 0.1) is 4.90 Å². The number of hydrogen-bond acceptors (Lipinski definition) is 5. The molecule has 1 aromatic heterocycles. The highest BCUT2D eigenvalue weighted by molar-refractivity contribution is 7.98. The van der Waals surface area contributed by atoms with Crippen LogP contribution in [0.25, 0.3) is 0 Å². The van der Waals surface area contributed by atoms with Gasteiger partial charge < -0.3 is 5.32 Å². The lowest BCUT2D eigenvalue weighted by atomic mass is 10.3. The van der Waals surface area contributed by atoms with Crippen molar-refractivity contribution in [3.63, 3.8) is 0 Å². The van der Waals surface area contributed by atoms with Gasteiger partial charge in [0.25, 0.3) is 0 Å². The maximum absolute atomic E-state index is 12.3. The normalized spacial score (nSPS) is 13.7. The Hall–Kier alpha value is -0.0800. The van der Waals surface area contributed by atoms with E-state index >= 15 is 0 Å². The number of nitrogens with one attached hydrogen (secondary N) is 2. The van der Waals surface area contributed by atoms with Crippen LogP contribution in [0.1, 0.15) is 23.1 Å². The molecule has 0 saturated heterocycles. The van der Waals surface area contributed by atoms with Gasteiger partial charge in [0, 0.05) is 22.3 Å². The average molecular weight is 323 g/mol. The molecule has 2 N–H and O–H groups in total. The van der Waals surface area contributed by atoms with Crippen LogP contribution in [0.2, 0.25) is 0 Å². The van der Waals surface area contributed by atoms with Gasteiger partial charge in [0.1, 0.15) is 0 Å². The van der Waals surface area contributed by atoms with Crippen molar-refractivity contribution in [3.8, 4) is 0 Å². The molecule has 0 aromatic carbocycles. The van der Waals surface area contributed by atoms with Crippen LogP contribution in [0.3, 0.4) is 0 Å². The van der Waals surface area contributed by atoms with E-state index in [1.807, 2.05) is 27.2 Å². The van der Waals surface area contributed by atoms with Crippen molar-refractivity contribution in [1.29, 1.82) is 0 Å². The molecule has 0 bridgehead atoms. The first-order valence-corrected chi connectivity index (χ1v) is 9.85. The molecule has 1 rings (SSSR count). The summed E-state index contributed by atoms with van der Waals surface area (Å²) in [5, 5.41) is 3.04. The maximum Gasteiger partial charge on any atom is 0.241 e. The molecule has 1 unspecified atom stereocenters. The number of aryl methyl sites for hydroxylation is 1. The molecule has 7 heteroatoms. The quantitative estimate of drug-likeness (QED) is 0.770. The lowest BCUT2D eigenvalue weighted by molar-refractivity contribution is 0.557. The van der Waals surface area contributed by atoms with Crippen LogP contribution in [0, 0.1) is 6.92 Å². The molecule has 4 nitrogen and oxygen atoms in total. The van der Waals surface area contributed by atoms with Crippen LogP contribution in [-0.2, 0) is 16.6 Å². The van der Waals surface area contributed by atoms with E-state index in [4.69, 9.17) is 0 Å². The molecule has 1 heterocycles. The van der Waals surface area contributed by atoms with Crippen LogP contribution in [0.5, 0.6) is 0 Å². The molecule has 19 heavy (non-hydrogen) atoms. The van der Waals surface area contributed by atoms with Gasteiger partial charge in [0.2, 0.25) is 10.0 Å². The Morgan fingerprint density at radius 2 is 2.16 bits per heavy atom. The van der Waals surface area contributed by atoms with Gasteiger partial charge >= 0.3 is 0 Å². The zero-order valence-corrected chi connectivity index (χ0v) is 14.3. The molecule has 1 atom stereocenters. The van der Waals surface area contributed by atoms with Crippen molar-refractivity contribution in [2.75, 3.05) is 19.1 Å². The number of thiophene rings is 1. The lowest BCUT2D eigenvalue weighted by Gasteiger charge is -2.13. The van der Waals surface area contributed by atoms with Crippen LogP contribution >= 0.6 is 23.1 Å². The molecule has 110 valence electrons. The molecule has 0 spiro atoms. The fourth-order valence-corrected chi connectivity index (χ4v) is 5.25. The first kappa shape index (κ1) is 17.0. The Bertz CT molecular complexity index is 497. The van der Waals surface area contributed by atoms with E-state index < -0.39 is 10.0 Å². The second kappa shape index (κ2) is 7.64. The Kier molecular flexibility index (Phi) is 6.82. The van der Waals surface area contributed by atoms with Crippen LogP contribution < -0.4 is 10.0 Å². The molecular weight excluding hydrogens is 300 g/mol. The highest BCUT2D eigenvalue weighted by Crippen LogP contribution is 2.25. The summed E-state index contributed by atoms with van der Waals surface area (Å²) in [4.78, 5) is 2.30. The molecule has 1 aromatic rings. The van der Waals surface area contributed by atoms with Gasteiger partial charge in [-0.2, -0.15) is 11.8 Å². The SMILES string of the molecule is CNCc1cc(S(=O)(=O)NC(C)CCSC)c(C)s1. The second-order valence-corrected chi connectivity index (χ2v) is 8.48. The summed E-state index contributed by atoms with van der Waals surface area (Å²) in [5.74, 6) is 0.956. The average Bonchev–Trinajstić information content (AvgIpc) is 2.68. The molecule has 0 saturated carbocycles. The summed E-state index contributed by atoms with van der Waals surface area (Å²) in [6, 6.07) is 1.73. The summed E-state index contributed by atoms with van der Waals surface area (Å²) in [5.41, 5.74) is 0. The highest BCUT2D eigenvalue weighted by atomic mass is 32.2.